The van der Waals surface area contributed by atoms with Crippen LogP contribution in [0.3, 0.4) is 0 Å². The first kappa shape index (κ1) is 16.6. The van der Waals surface area contributed by atoms with Gasteiger partial charge in [-0.25, -0.2) is 4.79 Å². The van der Waals surface area contributed by atoms with E-state index in [1.165, 1.54) is 4.90 Å². The summed E-state index contributed by atoms with van der Waals surface area (Å²) < 4.78 is 5.15. The minimum absolute atomic E-state index is 0.0607. The van der Waals surface area contributed by atoms with Crippen LogP contribution in [0, 0.1) is 0 Å². The molecule has 0 unspecified atom stereocenters. The zero-order valence-electron chi connectivity index (χ0n) is 12.4. The summed E-state index contributed by atoms with van der Waals surface area (Å²) in [5.74, 6) is -0.935. The molecule has 0 radical (unpaired) electrons. The van der Waals surface area contributed by atoms with Gasteiger partial charge in [0.1, 0.15) is 0 Å². The smallest absolute Gasteiger partial charge is 0.320 e. The number of methoxy groups -OCH3 is 1. The fourth-order valence-electron chi connectivity index (χ4n) is 2.25. The maximum atomic E-state index is 12.5. The molecule has 0 saturated carbocycles. The Morgan fingerprint density at radius 2 is 2.09 bits per heavy atom. The molecule has 6 nitrogen and oxygen atoms in total. The molecular formula is C15H19ClN2O4. The summed E-state index contributed by atoms with van der Waals surface area (Å²) in [5, 5.41) is 9.42. The van der Waals surface area contributed by atoms with Gasteiger partial charge >= 0.3 is 12.0 Å². The molecule has 0 aliphatic carbocycles. The minimum Gasteiger partial charge on any atom is -0.481 e. The maximum Gasteiger partial charge on any atom is 0.320 e. The van der Waals surface area contributed by atoms with Gasteiger partial charge in [-0.1, -0.05) is 29.8 Å². The van der Waals surface area contributed by atoms with E-state index >= 15 is 0 Å². The molecule has 1 saturated heterocycles. The van der Waals surface area contributed by atoms with Crippen LogP contribution in [0.2, 0.25) is 5.02 Å². The lowest BCUT2D eigenvalue weighted by Gasteiger charge is -2.41. The molecule has 2 rings (SSSR count). The number of hydrogen-bond acceptors (Lipinski definition) is 3. The minimum atomic E-state index is -0.935. The molecule has 22 heavy (non-hydrogen) atoms. The topological polar surface area (TPSA) is 70.1 Å². The second-order valence-electron chi connectivity index (χ2n) is 5.20. The summed E-state index contributed by atoms with van der Waals surface area (Å²) in [6, 6.07) is 7.05. The molecule has 7 heteroatoms. The number of benzene rings is 1. The molecule has 1 heterocycles. The van der Waals surface area contributed by atoms with E-state index in [1.54, 1.807) is 18.1 Å². The Balaban J connectivity index is 2.04. The van der Waals surface area contributed by atoms with Gasteiger partial charge in [0, 0.05) is 25.2 Å². The molecule has 1 aliphatic heterocycles. The van der Waals surface area contributed by atoms with Crippen molar-refractivity contribution < 1.29 is 19.4 Å². The SMILES string of the molecule is COC1CN(C(=O)N(CCC(=O)O)Cc2ccccc2Cl)C1. The molecule has 1 aromatic rings. The number of rotatable bonds is 6. The largest absolute Gasteiger partial charge is 0.481 e. The molecule has 1 aliphatic rings. The molecule has 0 bridgehead atoms. The van der Waals surface area contributed by atoms with Gasteiger partial charge < -0.3 is 19.6 Å². The third-order valence-electron chi connectivity index (χ3n) is 3.64. The second kappa shape index (κ2) is 7.47. The highest BCUT2D eigenvalue weighted by atomic mass is 35.5. The Bertz CT molecular complexity index is 546. The normalized spacial score (nSPS) is 14.5. The number of hydrogen-bond donors (Lipinski definition) is 1. The van der Waals surface area contributed by atoms with E-state index in [0.717, 1.165) is 5.56 Å². The van der Waals surface area contributed by atoms with Crippen molar-refractivity contribution in [1.82, 2.24) is 9.80 Å². The molecule has 0 spiro atoms. The van der Waals surface area contributed by atoms with Crippen molar-refractivity contribution in [2.75, 3.05) is 26.7 Å². The molecule has 1 N–H and O–H groups in total. The van der Waals surface area contributed by atoms with Crippen LogP contribution in [0.4, 0.5) is 4.79 Å². The van der Waals surface area contributed by atoms with Crippen molar-refractivity contribution in [2.45, 2.75) is 19.1 Å². The second-order valence-corrected chi connectivity index (χ2v) is 5.61. The lowest BCUT2D eigenvalue weighted by atomic mass is 10.1. The molecule has 1 fully saturated rings. The number of nitrogens with zero attached hydrogens (tertiary/aromatic N) is 2. The zero-order chi connectivity index (χ0) is 16.1. The standard InChI is InChI=1S/C15H19ClN2O4/c1-22-12-9-18(10-12)15(21)17(7-6-14(19)20)8-11-4-2-3-5-13(11)16/h2-5,12H,6-10H2,1H3,(H,19,20). The number of carboxylic acids is 1. The van der Waals surface area contributed by atoms with Crippen LogP contribution in [-0.2, 0) is 16.1 Å². The molecule has 0 atom stereocenters. The van der Waals surface area contributed by atoms with Crippen molar-refractivity contribution in [3.8, 4) is 0 Å². The highest BCUT2D eigenvalue weighted by Gasteiger charge is 2.33. The van der Waals surface area contributed by atoms with Crippen LogP contribution >= 0.6 is 11.6 Å². The summed E-state index contributed by atoms with van der Waals surface area (Å²) in [7, 11) is 1.61. The van der Waals surface area contributed by atoms with Gasteiger partial charge in [-0.2, -0.15) is 0 Å². The Hall–Kier alpha value is -1.79. The van der Waals surface area contributed by atoms with Gasteiger partial charge in [0.15, 0.2) is 0 Å². The number of aliphatic carboxylic acids is 1. The average molecular weight is 327 g/mol. The first-order valence-electron chi connectivity index (χ1n) is 7.03. The van der Waals surface area contributed by atoms with Crippen molar-refractivity contribution in [3.05, 3.63) is 34.9 Å². The fourth-order valence-corrected chi connectivity index (χ4v) is 2.44. The molecular weight excluding hydrogens is 308 g/mol. The molecule has 1 aromatic carbocycles. The Morgan fingerprint density at radius 1 is 1.41 bits per heavy atom. The molecule has 120 valence electrons. The van der Waals surface area contributed by atoms with Gasteiger partial charge in [0.2, 0.25) is 0 Å². The third kappa shape index (κ3) is 4.11. The quantitative estimate of drug-likeness (QED) is 0.868. The number of amides is 2. The predicted molar refractivity (Wildman–Crippen MR) is 81.9 cm³/mol. The molecule has 2 amide bonds. The fraction of sp³-hybridized carbons (Fsp3) is 0.467. The van der Waals surface area contributed by atoms with Gasteiger partial charge in [0.25, 0.3) is 0 Å². The summed E-state index contributed by atoms with van der Waals surface area (Å²) in [5.41, 5.74) is 0.798. The Morgan fingerprint density at radius 3 is 2.68 bits per heavy atom. The summed E-state index contributed by atoms with van der Waals surface area (Å²) in [4.78, 5) is 26.4. The number of likely N-dealkylation sites (tertiary alicyclic amines) is 1. The van der Waals surface area contributed by atoms with E-state index in [2.05, 4.69) is 0 Å². The van der Waals surface area contributed by atoms with Crippen LogP contribution in [0.25, 0.3) is 0 Å². The van der Waals surface area contributed by atoms with Crippen LogP contribution in [0.15, 0.2) is 24.3 Å². The lowest BCUT2D eigenvalue weighted by molar-refractivity contribution is -0.137. The maximum absolute atomic E-state index is 12.5. The van der Waals surface area contributed by atoms with E-state index in [9.17, 15) is 9.59 Å². The summed E-state index contributed by atoms with van der Waals surface area (Å²) in [6.45, 7) is 1.50. The van der Waals surface area contributed by atoms with Crippen molar-refractivity contribution in [2.24, 2.45) is 0 Å². The predicted octanol–water partition coefficient (Wildman–Crippen LogP) is 2.07. The van der Waals surface area contributed by atoms with Crippen molar-refractivity contribution in [1.29, 1.82) is 0 Å². The monoisotopic (exact) mass is 326 g/mol. The van der Waals surface area contributed by atoms with Gasteiger partial charge in [0.05, 0.1) is 25.6 Å². The van der Waals surface area contributed by atoms with Crippen LogP contribution < -0.4 is 0 Å². The number of urea groups is 1. The van der Waals surface area contributed by atoms with Crippen LogP contribution in [0.1, 0.15) is 12.0 Å². The summed E-state index contributed by atoms with van der Waals surface area (Å²) >= 11 is 6.12. The van der Waals surface area contributed by atoms with Crippen LogP contribution in [0.5, 0.6) is 0 Å². The zero-order valence-corrected chi connectivity index (χ0v) is 13.1. The Kier molecular flexibility index (Phi) is 5.63. The van der Waals surface area contributed by atoms with E-state index < -0.39 is 5.97 Å². The Labute approximate surface area is 134 Å². The molecule has 0 aromatic heterocycles. The van der Waals surface area contributed by atoms with Gasteiger partial charge in [-0.3, -0.25) is 4.79 Å². The number of halogens is 1. The number of carboxylic acid groups (broad SMARTS) is 1. The highest BCUT2D eigenvalue weighted by Crippen LogP contribution is 2.20. The average Bonchev–Trinajstić information content (AvgIpc) is 2.43. The third-order valence-corrected chi connectivity index (χ3v) is 4.01. The lowest BCUT2D eigenvalue weighted by Crippen LogP contribution is -2.58. The first-order valence-corrected chi connectivity index (χ1v) is 7.41. The highest BCUT2D eigenvalue weighted by molar-refractivity contribution is 6.31. The van der Waals surface area contributed by atoms with Crippen molar-refractivity contribution >= 4 is 23.6 Å². The first-order chi connectivity index (χ1) is 10.5. The van der Waals surface area contributed by atoms with E-state index in [4.69, 9.17) is 21.4 Å². The van der Waals surface area contributed by atoms with E-state index in [0.29, 0.717) is 24.7 Å². The van der Waals surface area contributed by atoms with Gasteiger partial charge in [-0.15, -0.1) is 0 Å². The number of ether oxygens (including phenoxy) is 1. The van der Waals surface area contributed by atoms with Crippen molar-refractivity contribution in [3.63, 3.8) is 0 Å². The van der Waals surface area contributed by atoms with E-state index in [1.807, 2.05) is 18.2 Å². The number of carbonyl (C=O) groups is 2. The number of carbonyl (C=O) groups excluding carboxylic acids is 1. The van der Waals surface area contributed by atoms with E-state index in [-0.39, 0.29) is 25.1 Å². The summed E-state index contributed by atoms with van der Waals surface area (Å²) in [6.07, 6.45) is -0.0387. The van der Waals surface area contributed by atoms with Crippen LogP contribution in [-0.4, -0.2) is 59.8 Å². The van der Waals surface area contributed by atoms with Gasteiger partial charge in [-0.05, 0) is 11.6 Å².